The lowest BCUT2D eigenvalue weighted by Gasteiger charge is -2.35. The van der Waals surface area contributed by atoms with Gasteiger partial charge in [-0.2, -0.15) is 0 Å². The molecule has 1 unspecified atom stereocenters. The van der Waals surface area contributed by atoms with Gasteiger partial charge >= 0.3 is 0 Å². The third-order valence-electron chi connectivity index (χ3n) is 4.44. The minimum atomic E-state index is 0.311. The van der Waals surface area contributed by atoms with E-state index in [2.05, 4.69) is 38.4 Å². The first-order valence-electron chi connectivity index (χ1n) is 7.91. The maximum Gasteiger partial charge on any atom is 0.149 e. The molecular weight excluding hydrogens is 276 g/mol. The van der Waals surface area contributed by atoms with Crippen molar-refractivity contribution in [1.29, 1.82) is 0 Å². The number of aromatic nitrogens is 4. The summed E-state index contributed by atoms with van der Waals surface area (Å²) in [7, 11) is 2.00. The SMILES string of the molecule is Cc1cccc(NC2CCN(C(C)c3nncn3C)CC2)n1. The highest BCUT2D eigenvalue weighted by molar-refractivity contribution is 5.36. The summed E-state index contributed by atoms with van der Waals surface area (Å²) in [6.07, 6.45) is 4.01. The Morgan fingerprint density at radius 3 is 2.68 bits per heavy atom. The van der Waals surface area contributed by atoms with E-state index >= 15 is 0 Å². The van der Waals surface area contributed by atoms with Crippen LogP contribution in [0.3, 0.4) is 0 Å². The number of anilines is 1. The number of aryl methyl sites for hydroxylation is 2. The predicted octanol–water partition coefficient (Wildman–Crippen LogP) is 2.16. The Hall–Kier alpha value is -1.95. The van der Waals surface area contributed by atoms with Crippen LogP contribution in [-0.2, 0) is 7.05 Å². The van der Waals surface area contributed by atoms with E-state index in [4.69, 9.17) is 0 Å². The van der Waals surface area contributed by atoms with E-state index in [-0.39, 0.29) is 0 Å². The summed E-state index contributed by atoms with van der Waals surface area (Å²) in [6, 6.07) is 6.93. The second-order valence-corrected chi connectivity index (χ2v) is 6.09. The fraction of sp³-hybridized carbons (Fsp3) is 0.562. The monoisotopic (exact) mass is 300 g/mol. The fourth-order valence-electron chi connectivity index (χ4n) is 3.10. The Labute approximate surface area is 131 Å². The van der Waals surface area contributed by atoms with Crippen molar-refractivity contribution in [3.05, 3.63) is 36.0 Å². The van der Waals surface area contributed by atoms with Crippen molar-refractivity contribution in [2.45, 2.75) is 38.8 Å². The van der Waals surface area contributed by atoms with Crippen molar-refractivity contribution in [2.75, 3.05) is 18.4 Å². The number of pyridine rings is 1. The van der Waals surface area contributed by atoms with E-state index < -0.39 is 0 Å². The van der Waals surface area contributed by atoms with Crippen molar-refractivity contribution >= 4 is 5.82 Å². The van der Waals surface area contributed by atoms with Crippen LogP contribution in [0.25, 0.3) is 0 Å². The van der Waals surface area contributed by atoms with Gasteiger partial charge in [0.2, 0.25) is 0 Å². The molecule has 6 nitrogen and oxygen atoms in total. The van der Waals surface area contributed by atoms with Crippen molar-refractivity contribution < 1.29 is 0 Å². The van der Waals surface area contributed by atoms with Gasteiger partial charge in [0.1, 0.15) is 18.0 Å². The largest absolute Gasteiger partial charge is 0.367 e. The smallest absolute Gasteiger partial charge is 0.149 e. The maximum absolute atomic E-state index is 4.53. The van der Waals surface area contributed by atoms with Gasteiger partial charge in [-0.15, -0.1) is 10.2 Å². The molecule has 1 fully saturated rings. The van der Waals surface area contributed by atoms with Gasteiger partial charge in [0, 0.05) is 31.9 Å². The van der Waals surface area contributed by atoms with Gasteiger partial charge in [0.25, 0.3) is 0 Å². The Balaban J connectivity index is 1.55. The molecule has 0 bridgehead atoms. The molecule has 1 aliphatic rings. The molecule has 2 aromatic heterocycles. The van der Waals surface area contributed by atoms with E-state index in [1.54, 1.807) is 6.33 Å². The van der Waals surface area contributed by atoms with Crippen LogP contribution in [0.1, 0.15) is 37.3 Å². The lowest BCUT2D eigenvalue weighted by Crippen LogP contribution is -2.41. The Kier molecular flexibility index (Phi) is 4.38. The molecule has 3 rings (SSSR count). The van der Waals surface area contributed by atoms with Gasteiger partial charge in [-0.05, 0) is 38.8 Å². The minimum Gasteiger partial charge on any atom is -0.367 e. The molecule has 3 heterocycles. The standard InChI is InChI=1S/C16H24N6/c1-12-5-4-6-15(18-12)19-14-7-9-22(10-8-14)13(2)16-20-17-11-21(16)3/h4-6,11,13-14H,7-10H2,1-3H3,(H,18,19). The lowest BCUT2D eigenvalue weighted by atomic mass is 10.0. The van der Waals surface area contributed by atoms with Crippen molar-refractivity contribution in [1.82, 2.24) is 24.6 Å². The average Bonchev–Trinajstić information content (AvgIpc) is 2.93. The molecular formula is C16H24N6. The summed E-state index contributed by atoms with van der Waals surface area (Å²) in [5.41, 5.74) is 1.05. The van der Waals surface area contributed by atoms with E-state index in [1.807, 2.05) is 30.7 Å². The van der Waals surface area contributed by atoms with Gasteiger partial charge in [0.05, 0.1) is 6.04 Å². The molecule has 6 heteroatoms. The Bertz CT molecular complexity index is 615. The molecule has 0 saturated carbocycles. The summed E-state index contributed by atoms with van der Waals surface area (Å²) in [6.45, 7) is 6.37. The number of hydrogen-bond acceptors (Lipinski definition) is 5. The molecule has 0 aliphatic carbocycles. The summed E-state index contributed by atoms with van der Waals surface area (Å²) >= 11 is 0. The Morgan fingerprint density at radius 1 is 1.27 bits per heavy atom. The van der Waals surface area contributed by atoms with Gasteiger partial charge < -0.3 is 9.88 Å². The number of rotatable bonds is 4. The maximum atomic E-state index is 4.53. The van der Waals surface area contributed by atoms with Crippen LogP contribution >= 0.6 is 0 Å². The van der Waals surface area contributed by atoms with Crippen molar-refractivity contribution in [3.63, 3.8) is 0 Å². The van der Waals surface area contributed by atoms with E-state index in [0.29, 0.717) is 12.1 Å². The number of nitrogens with zero attached hydrogens (tertiary/aromatic N) is 5. The minimum absolute atomic E-state index is 0.311. The molecule has 1 N–H and O–H groups in total. The number of piperidine rings is 1. The normalized spacial score (nSPS) is 18.3. The molecule has 1 saturated heterocycles. The molecule has 0 amide bonds. The average molecular weight is 300 g/mol. The second kappa shape index (κ2) is 6.44. The summed E-state index contributed by atoms with van der Waals surface area (Å²) in [5.74, 6) is 2.02. The molecule has 1 aliphatic heterocycles. The molecule has 0 radical (unpaired) electrons. The van der Waals surface area contributed by atoms with Crippen LogP contribution in [0.4, 0.5) is 5.82 Å². The third-order valence-corrected chi connectivity index (χ3v) is 4.44. The molecule has 0 aromatic carbocycles. The van der Waals surface area contributed by atoms with Crippen LogP contribution in [-0.4, -0.2) is 43.8 Å². The topological polar surface area (TPSA) is 58.9 Å². The number of hydrogen-bond donors (Lipinski definition) is 1. The van der Waals surface area contributed by atoms with Crippen LogP contribution in [0.2, 0.25) is 0 Å². The number of likely N-dealkylation sites (tertiary alicyclic amines) is 1. The first-order chi connectivity index (χ1) is 10.6. The molecule has 118 valence electrons. The first kappa shape index (κ1) is 15.0. The molecule has 22 heavy (non-hydrogen) atoms. The van der Waals surface area contributed by atoms with Gasteiger partial charge in [-0.1, -0.05) is 6.07 Å². The number of nitrogens with one attached hydrogen (secondary N) is 1. The fourth-order valence-corrected chi connectivity index (χ4v) is 3.10. The van der Waals surface area contributed by atoms with Gasteiger partial charge in [-0.3, -0.25) is 4.90 Å². The summed E-state index contributed by atoms with van der Waals surface area (Å²) in [4.78, 5) is 7.01. The van der Waals surface area contributed by atoms with Crippen LogP contribution in [0.5, 0.6) is 0 Å². The van der Waals surface area contributed by atoms with Crippen LogP contribution in [0.15, 0.2) is 24.5 Å². The molecule has 1 atom stereocenters. The summed E-state index contributed by atoms with van der Waals surface area (Å²) < 4.78 is 2.01. The van der Waals surface area contributed by atoms with Crippen molar-refractivity contribution in [3.8, 4) is 0 Å². The van der Waals surface area contributed by atoms with Crippen LogP contribution in [0, 0.1) is 6.92 Å². The third kappa shape index (κ3) is 3.27. The highest BCUT2D eigenvalue weighted by atomic mass is 15.3. The second-order valence-electron chi connectivity index (χ2n) is 6.09. The molecule has 2 aromatic rings. The highest BCUT2D eigenvalue weighted by Gasteiger charge is 2.25. The Morgan fingerprint density at radius 2 is 2.05 bits per heavy atom. The zero-order valence-electron chi connectivity index (χ0n) is 13.5. The van der Waals surface area contributed by atoms with E-state index in [0.717, 1.165) is 43.3 Å². The first-order valence-corrected chi connectivity index (χ1v) is 7.91. The van der Waals surface area contributed by atoms with Crippen LogP contribution < -0.4 is 5.32 Å². The van der Waals surface area contributed by atoms with E-state index in [1.165, 1.54) is 0 Å². The van der Waals surface area contributed by atoms with Crippen molar-refractivity contribution in [2.24, 2.45) is 7.05 Å². The van der Waals surface area contributed by atoms with Gasteiger partial charge in [-0.25, -0.2) is 4.98 Å². The zero-order valence-corrected chi connectivity index (χ0v) is 13.5. The van der Waals surface area contributed by atoms with Gasteiger partial charge in [0.15, 0.2) is 0 Å². The quantitative estimate of drug-likeness (QED) is 0.937. The molecule has 0 spiro atoms. The lowest BCUT2D eigenvalue weighted by molar-refractivity contribution is 0.159. The van der Waals surface area contributed by atoms with E-state index in [9.17, 15) is 0 Å². The summed E-state index contributed by atoms with van der Waals surface area (Å²) in [5, 5.41) is 11.8. The predicted molar refractivity (Wildman–Crippen MR) is 86.6 cm³/mol. The zero-order chi connectivity index (χ0) is 15.5. The highest BCUT2D eigenvalue weighted by Crippen LogP contribution is 2.23.